The predicted molar refractivity (Wildman–Crippen MR) is 94.4 cm³/mol. The number of piperazine rings is 1. The van der Waals surface area contributed by atoms with Gasteiger partial charge in [0.15, 0.2) is 0 Å². The number of likely N-dealkylation sites (N-methyl/N-ethyl adjacent to an activating group) is 1. The van der Waals surface area contributed by atoms with E-state index in [-0.39, 0.29) is 17.9 Å². The molecule has 7 heteroatoms. The van der Waals surface area contributed by atoms with Crippen LogP contribution in [0, 0.1) is 0 Å². The van der Waals surface area contributed by atoms with Crippen molar-refractivity contribution in [1.82, 2.24) is 15.1 Å². The maximum atomic E-state index is 12.5. The Morgan fingerprint density at radius 2 is 1.76 bits per heavy atom. The molecule has 1 aromatic rings. The number of urea groups is 1. The van der Waals surface area contributed by atoms with Gasteiger partial charge in [-0.3, -0.25) is 0 Å². The lowest BCUT2D eigenvalue weighted by atomic mass is 10.1. The van der Waals surface area contributed by atoms with Gasteiger partial charge in [-0.15, -0.1) is 0 Å². The molecule has 0 saturated carbocycles. The van der Waals surface area contributed by atoms with E-state index in [0.717, 1.165) is 18.7 Å². The number of rotatable bonds is 5. The van der Waals surface area contributed by atoms with Gasteiger partial charge in [0.25, 0.3) is 0 Å². The number of nitrogens with one attached hydrogen (secondary N) is 1. The summed E-state index contributed by atoms with van der Waals surface area (Å²) >= 11 is 0. The van der Waals surface area contributed by atoms with E-state index >= 15 is 0 Å². The minimum Gasteiger partial charge on any atom is -0.508 e. The normalized spacial score (nSPS) is 16.6. The second-order valence-electron chi connectivity index (χ2n) is 6.65. The standard InChI is InChI=1S/C18H27N3O4/c1-13(2)25-17(23)16(12-14-4-6-15(22)7-5-14)19-18(24)21-10-8-20(3)9-11-21/h4-7,13,16,22H,8-12H2,1-3H3,(H,19,24)/t16-/m0/s1. The fraction of sp³-hybridized carbons (Fsp3) is 0.556. The fourth-order valence-corrected chi connectivity index (χ4v) is 2.63. The molecular formula is C18H27N3O4. The average Bonchev–Trinajstić information content (AvgIpc) is 2.56. The largest absolute Gasteiger partial charge is 0.508 e. The van der Waals surface area contributed by atoms with Crippen LogP contribution in [0.3, 0.4) is 0 Å². The van der Waals surface area contributed by atoms with Gasteiger partial charge in [-0.25, -0.2) is 9.59 Å². The smallest absolute Gasteiger partial charge is 0.329 e. The first-order valence-corrected chi connectivity index (χ1v) is 8.57. The van der Waals surface area contributed by atoms with Crippen LogP contribution in [0.5, 0.6) is 5.75 Å². The Kier molecular flexibility index (Phi) is 6.64. The summed E-state index contributed by atoms with van der Waals surface area (Å²) < 4.78 is 5.28. The van der Waals surface area contributed by atoms with Crippen LogP contribution in [-0.2, 0) is 16.0 Å². The molecule has 2 amide bonds. The van der Waals surface area contributed by atoms with Crippen molar-refractivity contribution >= 4 is 12.0 Å². The third-order valence-corrected chi connectivity index (χ3v) is 4.10. The molecular weight excluding hydrogens is 322 g/mol. The molecule has 1 fully saturated rings. The third-order valence-electron chi connectivity index (χ3n) is 4.10. The SMILES string of the molecule is CC(C)OC(=O)[C@H](Cc1ccc(O)cc1)NC(=O)N1CCN(C)CC1. The summed E-state index contributed by atoms with van der Waals surface area (Å²) in [6, 6.07) is 5.56. The highest BCUT2D eigenvalue weighted by Gasteiger charge is 2.27. The average molecular weight is 349 g/mol. The van der Waals surface area contributed by atoms with Crippen molar-refractivity contribution in [2.75, 3.05) is 33.2 Å². The first-order valence-electron chi connectivity index (χ1n) is 8.57. The summed E-state index contributed by atoms with van der Waals surface area (Å²) in [6.07, 6.45) is 0.0565. The monoisotopic (exact) mass is 349 g/mol. The van der Waals surface area contributed by atoms with Crippen LogP contribution in [0.1, 0.15) is 19.4 Å². The molecule has 2 N–H and O–H groups in total. The van der Waals surface area contributed by atoms with Gasteiger partial charge in [-0.05, 0) is 38.6 Å². The summed E-state index contributed by atoms with van der Waals surface area (Å²) in [5.74, 6) is -0.294. The van der Waals surface area contributed by atoms with Gasteiger partial charge in [0, 0.05) is 32.6 Å². The highest BCUT2D eigenvalue weighted by molar-refractivity contribution is 5.84. The van der Waals surface area contributed by atoms with Crippen LogP contribution in [0.25, 0.3) is 0 Å². The Balaban J connectivity index is 2.04. The summed E-state index contributed by atoms with van der Waals surface area (Å²) in [7, 11) is 2.02. The van der Waals surface area contributed by atoms with Crippen LogP contribution >= 0.6 is 0 Å². The highest BCUT2D eigenvalue weighted by Crippen LogP contribution is 2.13. The Labute approximate surface area is 148 Å². The van der Waals surface area contributed by atoms with Crippen molar-refractivity contribution in [2.24, 2.45) is 0 Å². The number of esters is 1. The molecule has 25 heavy (non-hydrogen) atoms. The van der Waals surface area contributed by atoms with Gasteiger partial charge in [-0.2, -0.15) is 0 Å². The number of hydrogen-bond donors (Lipinski definition) is 2. The van der Waals surface area contributed by atoms with Crippen molar-refractivity contribution in [3.63, 3.8) is 0 Å². The van der Waals surface area contributed by atoms with Crippen LogP contribution < -0.4 is 5.32 Å². The molecule has 1 aromatic carbocycles. The number of phenols is 1. The highest BCUT2D eigenvalue weighted by atomic mass is 16.5. The number of aromatic hydroxyl groups is 1. The molecule has 2 rings (SSSR count). The Bertz CT molecular complexity index is 580. The quantitative estimate of drug-likeness (QED) is 0.781. The zero-order chi connectivity index (χ0) is 18.4. The molecule has 0 bridgehead atoms. The van der Waals surface area contributed by atoms with Crippen molar-refractivity contribution in [2.45, 2.75) is 32.4 Å². The van der Waals surface area contributed by atoms with Crippen LogP contribution in [0.2, 0.25) is 0 Å². The van der Waals surface area contributed by atoms with Gasteiger partial charge in [0.1, 0.15) is 11.8 Å². The zero-order valence-corrected chi connectivity index (χ0v) is 15.1. The molecule has 138 valence electrons. The van der Waals surface area contributed by atoms with E-state index in [2.05, 4.69) is 10.2 Å². The molecule has 0 radical (unpaired) electrons. The minimum absolute atomic E-state index is 0.159. The minimum atomic E-state index is -0.765. The van der Waals surface area contributed by atoms with Gasteiger partial charge >= 0.3 is 12.0 Å². The van der Waals surface area contributed by atoms with Gasteiger partial charge < -0.3 is 25.0 Å². The van der Waals surface area contributed by atoms with E-state index in [1.54, 1.807) is 43.0 Å². The van der Waals surface area contributed by atoms with Gasteiger partial charge in [0.05, 0.1) is 6.10 Å². The first kappa shape index (κ1) is 19.1. The number of benzene rings is 1. The summed E-state index contributed by atoms with van der Waals surface area (Å²) in [5.41, 5.74) is 0.835. The van der Waals surface area contributed by atoms with Crippen molar-refractivity contribution < 1.29 is 19.4 Å². The second kappa shape index (κ2) is 8.71. The third kappa shape index (κ3) is 5.94. The van der Waals surface area contributed by atoms with E-state index in [0.29, 0.717) is 19.5 Å². The van der Waals surface area contributed by atoms with Crippen molar-refractivity contribution in [3.8, 4) is 5.75 Å². The van der Waals surface area contributed by atoms with Crippen molar-refractivity contribution in [3.05, 3.63) is 29.8 Å². The number of hydrogen-bond acceptors (Lipinski definition) is 5. The summed E-state index contributed by atoms with van der Waals surface area (Å²) in [4.78, 5) is 28.8. The van der Waals surface area contributed by atoms with Crippen LogP contribution in [-0.4, -0.2) is 72.3 Å². The number of carbonyl (C=O) groups excluding carboxylic acids is 2. The molecule has 0 spiro atoms. The number of ether oxygens (including phenoxy) is 1. The van der Waals surface area contributed by atoms with Gasteiger partial charge in [0.2, 0.25) is 0 Å². The summed E-state index contributed by atoms with van der Waals surface area (Å²) in [6.45, 7) is 6.44. The lowest BCUT2D eigenvalue weighted by Gasteiger charge is -2.33. The van der Waals surface area contributed by atoms with E-state index in [1.165, 1.54) is 0 Å². The lowest BCUT2D eigenvalue weighted by molar-refractivity contribution is -0.149. The number of amides is 2. The lowest BCUT2D eigenvalue weighted by Crippen LogP contribution is -2.54. The zero-order valence-electron chi connectivity index (χ0n) is 15.1. The van der Waals surface area contributed by atoms with Crippen molar-refractivity contribution in [1.29, 1.82) is 0 Å². The molecule has 7 nitrogen and oxygen atoms in total. The number of phenolic OH excluding ortho intramolecular Hbond substituents is 1. The van der Waals surface area contributed by atoms with E-state index < -0.39 is 12.0 Å². The maximum absolute atomic E-state index is 12.5. The molecule has 1 aliphatic rings. The first-order chi connectivity index (χ1) is 11.8. The Morgan fingerprint density at radius 3 is 2.32 bits per heavy atom. The topological polar surface area (TPSA) is 82.1 Å². The van der Waals surface area contributed by atoms with Crippen LogP contribution in [0.4, 0.5) is 4.79 Å². The Morgan fingerprint density at radius 1 is 1.16 bits per heavy atom. The Hall–Kier alpha value is -2.28. The second-order valence-corrected chi connectivity index (χ2v) is 6.65. The fourth-order valence-electron chi connectivity index (χ4n) is 2.63. The molecule has 1 heterocycles. The molecule has 1 aliphatic heterocycles. The van der Waals surface area contributed by atoms with E-state index in [1.807, 2.05) is 7.05 Å². The van der Waals surface area contributed by atoms with Crippen LogP contribution in [0.15, 0.2) is 24.3 Å². The summed E-state index contributed by atoms with van der Waals surface area (Å²) in [5, 5.41) is 12.2. The predicted octanol–water partition coefficient (Wildman–Crippen LogP) is 1.21. The molecule has 0 aliphatic carbocycles. The van der Waals surface area contributed by atoms with E-state index in [4.69, 9.17) is 4.74 Å². The van der Waals surface area contributed by atoms with Gasteiger partial charge in [-0.1, -0.05) is 12.1 Å². The van der Waals surface area contributed by atoms with E-state index in [9.17, 15) is 14.7 Å². The molecule has 0 unspecified atom stereocenters. The molecule has 0 aromatic heterocycles. The number of carbonyl (C=O) groups is 2. The molecule has 1 atom stereocenters. The number of nitrogens with zero attached hydrogens (tertiary/aromatic N) is 2. The maximum Gasteiger partial charge on any atom is 0.329 e. The molecule has 1 saturated heterocycles.